The molecule has 5 aliphatic carbocycles. The summed E-state index contributed by atoms with van der Waals surface area (Å²) in [5, 5.41) is 11.4. The molecule has 138 valence electrons. The van der Waals surface area contributed by atoms with Gasteiger partial charge in [0.25, 0.3) is 0 Å². The molecule has 26 heavy (non-hydrogen) atoms. The van der Waals surface area contributed by atoms with E-state index < -0.39 is 5.60 Å². The molecule has 3 fully saturated rings. The Hall–Kier alpha value is -1.33. The van der Waals surface area contributed by atoms with E-state index in [-0.39, 0.29) is 10.8 Å². The summed E-state index contributed by atoms with van der Waals surface area (Å²) in [6.07, 6.45) is 21.6. The fourth-order valence-electron chi connectivity index (χ4n) is 8.25. The molecular formula is C24H30O2. The van der Waals surface area contributed by atoms with E-state index in [1.165, 1.54) is 5.57 Å². The predicted molar refractivity (Wildman–Crippen MR) is 102 cm³/mol. The van der Waals surface area contributed by atoms with Crippen molar-refractivity contribution in [2.75, 3.05) is 0 Å². The Labute approximate surface area is 157 Å². The number of hydrogen-bond acceptors (Lipinski definition) is 2. The van der Waals surface area contributed by atoms with E-state index >= 15 is 0 Å². The summed E-state index contributed by atoms with van der Waals surface area (Å²) in [6.45, 7) is 2.23. The van der Waals surface area contributed by atoms with Crippen LogP contribution >= 0.6 is 0 Å². The van der Waals surface area contributed by atoms with Gasteiger partial charge < -0.3 is 5.11 Å². The van der Waals surface area contributed by atoms with Crippen LogP contribution in [-0.4, -0.2) is 16.5 Å². The van der Waals surface area contributed by atoms with E-state index in [1.807, 2.05) is 0 Å². The van der Waals surface area contributed by atoms with Gasteiger partial charge in [-0.25, -0.2) is 0 Å². The first-order valence-electron chi connectivity index (χ1n) is 10.6. The summed E-state index contributed by atoms with van der Waals surface area (Å²) in [4.78, 5) is 12.1. The maximum Gasteiger partial charge on any atom is 0.136 e. The largest absolute Gasteiger partial charge is 0.377 e. The van der Waals surface area contributed by atoms with Gasteiger partial charge in [0.05, 0.1) is 0 Å². The smallest absolute Gasteiger partial charge is 0.136 e. The van der Waals surface area contributed by atoms with Gasteiger partial charge in [-0.1, -0.05) is 36.6 Å². The number of allylic oxidation sites excluding steroid dienone is 4. The molecule has 0 saturated heterocycles. The number of Topliss-reactive ketones (excluding diaryl/α,β-unsaturated/α-hetero) is 1. The molecule has 0 bridgehead atoms. The van der Waals surface area contributed by atoms with Crippen molar-refractivity contribution in [3.8, 4) is 12.3 Å². The Morgan fingerprint density at radius 2 is 2.23 bits per heavy atom. The van der Waals surface area contributed by atoms with E-state index in [9.17, 15) is 9.90 Å². The molecule has 2 heteroatoms. The van der Waals surface area contributed by atoms with Crippen LogP contribution in [0.4, 0.5) is 0 Å². The molecule has 5 aliphatic rings. The SMILES string of the molecule is C#C[C@]1(O)CCC2C3CC=C4CC(=O)CC[C@@]45CC=C[C@@H](C[C@@]21CC)C35. The van der Waals surface area contributed by atoms with Crippen molar-refractivity contribution >= 4 is 5.78 Å². The van der Waals surface area contributed by atoms with Gasteiger partial charge in [-0.15, -0.1) is 6.42 Å². The molecule has 2 nitrogen and oxygen atoms in total. The van der Waals surface area contributed by atoms with Crippen molar-refractivity contribution in [3.63, 3.8) is 0 Å². The summed E-state index contributed by atoms with van der Waals surface area (Å²) in [6, 6.07) is 0. The number of terminal acetylenes is 1. The van der Waals surface area contributed by atoms with E-state index in [4.69, 9.17) is 6.42 Å². The van der Waals surface area contributed by atoms with Crippen molar-refractivity contribution in [2.45, 2.75) is 70.3 Å². The number of carbonyl (C=O) groups excluding carboxylic acids is 1. The van der Waals surface area contributed by atoms with E-state index in [0.717, 1.165) is 51.4 Å². The summed E-state index contributed by atoms with van der Waals surface area (Å²) in [7, 11) is 0. The maximum atomic E-state index is 12.1. The normalized spacial score (nSPS) is 51.7. The molecule has 0 aliphatic heterocycles. The van der Waals surface area contributed by atoms with Gasteiger partial charge in [-0.2, -0.15) is 0 Å². The van der Waals surface area contributed by atoms with Gasteiger partial charge >= 0.3 is 0 Å². The second-order valence-electron chi connectivity index (χ2n) is 9.69. The Kier molecular flexibility index (Phi) is 3.46. The molecule has 7 atom stereocenters. The summed E-state index contributed by atoms with van der Waals surface area (Å²) in [5.74, 6) is 5.53. The first kappa shape index (κ1) is 16.8. The number of hydrogen-bond donors (Lipinski definition) is 1. The van der Waals surface area contributed by atoms with Gasteiger partial charge in [0.15, 0.2) is 0 Å². The summed E-state index contributed by atoms with van der Waals surface area (Å²) in [5.41, 5.74) is 0.584. The lowest BCUT2D eigenvalue weighted by Gasteiger charge is -2.63. The minimum atomic E-state index is -0.942. The zero-order chi connectivity index (χ0) is 18.2. The van der Waals surface area contributed by atoms with Gasteiger partial charge in [-0.3, -0.25) is 4.79 Å². The van der Waals surface area contributed by atoms with E-state index in [1.54, 1.807) is 0 Å². The standard InChI is InChI=1S/C24H30O2/c1-3-23-15-16-6-5-11-22-12-9-18(25)14-17(22)7-8-19(21(16)22)20(23)10-13-24(23,26)4-2/h2,5-7,16,19-21,26H,3,8-15H2,1H3/t16-,19?,20?,21?,22-,23-,24-/m0/s1. The second-order valence-corrected chi connectivity index (χ2v) is 9.69. The first-order valence-corrected chi connectivity index (χ1v) is 10.6. The quantitative estimate of drug-likeness (QED) is 0.561. The van der Waals surface area contributed by atoms with Gasteiger partial charge in [-0.05, 0) is 74.0 Å². The van der Waals surface area contributed by atoms with Crippen LogP contribution in [0.1, 0.15) is 64.7 Å². The Morgan fingerprint density at radius 3 is 3.00 bits per heavy atom. The number of ketones is 1. The third-order valence-corrected chi connectivity index (χ3v) is 9.28. The first-order chi connectivity index (χ1) is 12.5. The molecule has 1 N–H and O–H groups in total. The van der Waals surface area contributed by atoms with Crippen LogP contribution in [0.15, 0.2) is 23.8 Å². The fraction of sp³-hybridized carbons (Fsp3) is 0.708. The van der Waals surface area contributed by atoms with Crippen LogP contribution in [0.5, 0.6) is 0 Å². The van der Waals surface area contributed by atoms with Crippen molar-refractivity contribution in [2.24, 2.45) is 34.5 Å². The molecule has 0 radical (unpaired) electrons. The maximum absolute atomic E-state index is 12.1. The monoisotopic (exact) mass is 350 g/mol. The Balaban J connectivity index is 1.64. The highest BCUT2D eigenvalue weighted by molar-refractivity contribution is 5.82. The van der Waals surface area contributed by atoms with Crippen molar-refractivity contribution in [1.82, 2.24) is 0 Å². The minimum absolute atomic E-state index is 0.133. The highest BCUT2D eigenvalue weighted by atomic mass is 16.3. The third-order valence-electron chi connectivity index (χ3n) is 9.28. The van der Waals surface area contributed by atoms with Gasteiger partial charge in [0.1, 0.15) is 11.4 Å². The number of rotatable bonds is 1. The van der Waals surface area contributed by atoms with Gasteiger partial charge in [0, 0.05) is 18.3 Å². The van der Waals surface area contributed by atoms with Crippen LogP contribution < -0.4 is 0 Å². The highest BCUT2D eigenvalue weighted by Crippen LogP contribution is 2.71. The molecule has 0 heterocycles. The summed E-state index contributed by atoms with van der Waals surface area (Å²) >= 11 is 0. The number of fused-ring (bicyclic) bond motifs is 2. The lowest BCUT2D eigenvalue weighted by atomic mass is 9.41. The van der Waals surface area contributed by atoms with Crippen LogP contribution in [-0.2, 0) is 4.79 Å². The van der Waals surface area contributed by atoms with Crippen molar-refractivity contribution in [1.29, 1.82) is 0 Å². The molecule has 3 saturated carbocycles. The molecule has 1 spiro atoms. The van der Waals surface area contributed by atoms with Crippen LogP contribution in [0.2, 0.25) is 0 Å². The minimum Gasteiger partial charge on any atom is -0.377 e. The Morgan fingerprint density at radius 1 is 1.38 bits per heavy atom. The molecule has 5 rings (SSSR count). The van der Waals surface area contributed by atoms with E-state index in [0.29, 0.717) is 35.9 Å². The second kappa shape index (κ2) is 5.35. The Bertz CT molecular complexity index is 755. The molecular weight excluding hydrogens is 320 g/mol. The van der Waals surface area contributed by atoms with Crippen LogP contribution in [0, 0.1) is 46.8 Å². The average molecular weight is 351 g/mol. The molecule has 0 aromatic rings. The fourth-order valence-corrected chi connectivity index (χ4v) is 8.25. The molecule has 0 aromatic heterocycles. The zero-order valence-corrected chi connectivity index (χ0v) is 15.8. The number of carbonyl (C=O) groups is 1. The van der Waals surface area contributed by atoms with Crippen LogP contribution in [0.3, 0.4) is 0 Å². The van der Waals surface area contributed by atoms with Gasteiger partial charge in [0.2, 0.25) is 0 Å². The third kappa shape index (κ3) is 1.81. The topological polar surface area (TPSA) is 37.3 Å². The highest BCUT2D eigenvalue weighted by Gasteiger charge is 2.67. The molecule has 3 unspecified atom stereocenters. The average Bonchev–Trinajstić information content (AvgIpc) is 2.96. The number of aliphatic hydroxyl groups is 1. The van der Waals surface area contributed by atoms with Crippen molar-refractivity contribution < 1.29 is 9.90 Å². The molecule has 0 aromatic carbocycles. The lowest BCUT2D eigenvalue weighted by Crippen LogP contribution is -2.59. The molecule has 0 amide bonds. The summed E-state index contributed by atoms with van der Waals surface area (Å²) < 4.78 is 0. The van der Waals surface area contributed by atoms with Crippen LogP contribution in [0.25, 0.3) is 0 Å². The zero-order valence-electron chi connectivity index (χ0n) is 15.8. The van der Waals surface area contributed by atoms with Crippen molar-refractivity contribution in [3.05, 3.63) is 23.8 Å². The predicted octanol–water partition coefficient (Wildman–Crippen LogP) is 4.44. The lowest BCUT2D eigenvalue weighted by molar-refractivity contribution is -0.135. The van der Waals surface area contributed by atoms with E-state index in [2.05, 4.69) is 31.1 Å².